The van der Waals surface area contributed by atoms with Crippen molar-refractivity contribution >= 4 is 54.7 Å². The molecule has 0 saturated heterocycles. The average Bonchev–Trinajstić information content (AvgIpc) is 3.45. The van der Waals surface area contributed by atoms with E-state index in [0.717, 1.165) is 32.6 Å². The number of ketones is 2. The van der Waals surface area contributed by atoms with Crippen molar-refractivity contribution in [3.63, 3.8) is 0 Å². The average molecular weight is 648 g/mol. The molecule has 3 N–H and O–H groups in total. The van der Waals surface area contributed by atoms with E-state index in [1.165, 1.54) is 12.1 Å². The number of benzene rings is 2. The Balaban J connectivity index is 1.51. The van der Waals surface area contributed by atoms with E-state index in [9.17, 15) is 27.6 Å². The van der Waals surface area contributed by atoms with E-state index >= 15 is 0 Å². The summed E-state index contributed by atoms with van der Waals surface area (Å²) in [5, 5.41) is 2.77. The van der Waals surface area contributed by atoms with E-state index in [-0.39, 0.29) is 28.5 Å². The highest BCUT2D eigenvalue weighted by atomic mass is 79.9. The summed E-state index contributed by atoms with van der Waals surface area (Å²) in [5.74, 6) is -1.38. The van der Waals surface area contributed by atoms with Crippen LogP contribution in [0.3, 0.4) is 0 Å². The topological polar surface area (TPSA) is 132 Å². The lowest BCUT2D eigenvalue weighted by molar-refractivity contribution is -0.672. The van der Waals surface area contributed by atoms with Crippen LogP contribution in [0.25, 0.3) is 15.9 Å². The summed E-state index contributed by atoms with van der Waals surface area (Å²) in [4.78, 5) is 44.2. The molecule has 0 aliphatic rings. The van der Waals surface area contributed by atoms with Crippen molar-refractivity contribution in [1.82, 2.24) is 10.3 Å². The molecule has 3 aromatic heterocycles. The van der Waals surface area contributed by atoms with Gasteiger partial charge < -0.3 is 10.5 Å². The molecule has 210 valence electrons. The molecule has 0 unspecified atom stereocenters. The number of aromatic nitrogens is 3. The third kappa shape index (κ3) is 5.52. The van der Waals surface area contributed by atoms with Gasteiger partial charge in [0, 0.05) is 39.7 Å². The van der Waals surface area contributed by atoms with Crippen molar-refractivity contribution in [1.29, 1.82) is 0 Å². The number of anilines is 1. The number of thiophene rings is 1. The lowest BCUT2D eigenvalue weighted by Crippen LogP contribution is -2.41. The molecule has 0 fully saturated rings. The maximum Gasteiger partial charge on any atom is 0.573 e. The fourth-order valence-corrected chi connectivity index (χ4v) is 5.80. The Morgan fingerprint density at radius 2 is 1.78 bits per heavy atom. The SMILES string of the molecule is Cc1nc2sc(C(=O)c3c(=O)o[nH][n+]3-c3ccc(OC(F)(F)F)cc3)c(N)c2c(C)c1CC(=O)c1ccc(Br)cc1. The number of nitrogens with one attached hydrogen (secondary N) is 1. The number of hydrogen-bond acceptors (Lipinski definition) is 8. The van der Waals surface area contributed by atoms with Gasteiger partial charge in [-0.3, -0.25) is 14.1 Å². The van der Waals surface area contributed by atoms with Crippen LogP contribution in [0.1, 0.15) is 42.5 Å². The van der Waals surface area contributed by atoms with Gasteiger partial charge in [-0.1, -0.05) is 28.1 Å². The minimum atomic E-state index is -4.88. The Hall–Kier alpha value is -4.30. The first-order chi connectivity index (χ1) is 19.3. The third-order valence-corrected chi connectivity index (χ3v) is 7.99. The number of Topliss-reactive ketones (excluding diaryl/α,β-unsaturated/α-hetero) is 1. The van der Waals surface area contributed by atoms with Crippen molar-refractivity contribution in [3.8, 4) is 11.4 Å². The van der Waals surface area contributed by atoms with E-state index in [4.69, 9.17) is 10.3 Å². The molecule has 5 aromatic rings. The highest BCUT2D eigenvalue weighted by molar-refractivity contribution is 9.10. The second-order valence-electron chi connectivity index (χ2n) is 8.97. The largest absolute Gasteiger partial charge is 0.573 e. The Morgan fingerprint density at radius 1 is 1.12 bits per heavy atom. The number of aromatic amines is 1. The van der Waals surface area contributed by atoms with E-state index in [1.54, 1.807) is 38.1 Å². The zero-order valence-corrected chi connectivity index (χ0v) is 23.7. The molecule has 0 bridgehead atoms. The number of aryl methyl sites for hydroxylation is 2. The fourth-order valence-electron chi connectivity index (χ4n) is 4.39. The Bertz CT molecular complexity index is 1880. The number of carbonyl (C=O) groups excluding carboxylic acids is 2. The highest BCUT2D eigenvalue weighted by Crippen LogP contribution is 2.38. The summed E-state index contributed by atoms with van der Waals surface area (Å²) in [6.07, 6.45) is -4.81. The van der Waals surface area contributed by atoms with Gasteiger partial charge in [-0.2, -0.15) is 0 Å². The molecule has 3 heterocycles. The van der Waals surface area contributed by atoms with Crippen molar-refractivity contribution < 1.29 is 36.7 Å². The monoisotopic (exact) mass is 647 g/mol. The molecule has 9 nitrogen and oxygen atoms in total. The van der Waals surface area contributed by atoms with Gasteiger partial charge in [0.15, 0.2) is 5.78 Å². The van der Waals surface area contributed by atoms with Gasteiger partial charge in [0.05, 0.1) is 5.69 Å². The number of halogens is 4. The Labute approximate surface area is 241 Å². The Morgan fingerprint density at radius 3 is 2.41 bits per heavy atom. The lowest BCUT2D eigenvalue weighted by Gasteiger charge is -2.11. The van der Waals surface area contributed by atoms with Crippen LogP contribution in [0.15, 0.2) is 62.3 Å². The van der Waals surface area contributed by atoms with Crippen molar-refractivity contribution in [3.05, 3.63) is 96.4 Å². The summed E-state index contributed by atoms with van der Waals surface area (Å²) in [7, 11) is 0. The van der Waals surface area contributed by atoms with Crippen LogP contribution in [-0.2, 0) is 6.42 Å². The molecule has 5 rings (SSSR count). The van der Waals surface area contributed by atoms with E-state index in [2.05, 4.69) is 30.9 Å². The predicted octanol–water partition coefficient (Wildman–Crippen LogP) is 5.37. The van der Waals surface area contributed by atoms with Gasteiger partial charge in [-0.25, -0.2) is 9.78 Å². The minimum Gasteiger partial charge on any atom is -0.406 e. The third-order valence-electron chi connectivity index (χ3n) is 6.36. The first-order valence-electron chi connectivity index (χ1n) is 11.8. The van der Waals surface area contributed by atoms with Crippen LogP contribution in [0.4, 0.5) is 18.9 Å². The molecule has 0 radical (unpaired) electrons. The van der Waals surface area contributed by atoms with Gasteiger partial charge in [0.1, 0.15) is 15.5 Å². The number of rotatable bonds is 7. The maximum atomic E-state index is 13.6. The fraction of sp³-hybridized carbons (Fsp3) is 0.148. The normalized spacial score (nSPS) is 11.7. The quantitative estimate of drug-likeness (QED) is 0.179. The number of nitrogens with two attached hydrogens (primary N) is 1. The van der Waals surface area contributed by atoms with Crippen LogP contribution in [0.5, 0.6) is 5.75 Å². The molecule has 0 saturated carbocycles. The van der Waals surface area contributed by atoms with E-state index in [1.807, 2.05) is 0 Å². The zero-order chi connectivity index (χ0) is 29.6. The number of alkyl halides is 3. The lowest BCUT2D eigenvalue weighted by atomic mass is 9.96. The number of fused-ring (bicyclic) bond motifs is 1. The van der Waals surface area contributed by atoms with Crippen LogP contribution in [-0.4, -0.2) is 28.2 Å². The number of H-pyrrole nitrogens is 1. The molecule has 0 aliphatic heterocycles. The molecule has 2 aromatic carbocycles. The van der Waals surface area contributed by atoms with E-state index in [0.29, 0.717) is 32.6 Å². The number of ether oxygens (including phenoxy) is 1. The Kier molecular flexibility index (Phi) is 7.30. The summed E-state index contributed by atoms with van der Waals surface area (Å²) in [6.45, 7) is 3.54. The van der Waals surface area contributed by atoms with Crippen molar-refractivity contribution in [2.24, 2.45) is 0 Å². The molecule has 0 aliphatic carbocycles. The van der Waals surface area contributed by atoms with Gasteiger partial charge in [0.2, 0.25) is 5.69 Å². The maximum absolute atomic E-state index is 13.6. The van der Waals surface area contributed by atoms with Gasteiger partial charge in [-0.05, 0) is 59.2 Å². The van der Waals surface area contributed by atoms with Gasteiger partial charge in [-0.15, -0.1) is 24.5 Å². The number of hydrogen-bond donors (Lipinski definition) is 2. The molecule has 0 atom stereocenters. The summed E-state index contributed by atoms with van der Waals surface area (Å²) in [6, 6.07) is 11.4. The first kappa shape index (κ1) is 28.2. The summed E-state index contributed by atoms with van der Waals surface area (Å²) < 4.78 is 48.1. The van der Waals surface area contributed by atoms with E-state index < -0.39 is 29.2 Å². The zero-order valence-electron chi connectivity index (χ0n) is 21.3. The standard InChI is InChI=1S/C27H18BrF3N4O5S/c1-12-18(11-19(36)14-3-5-15(28)6-4-14)13(2)33-25-20(12)21(32)24(41-25)23(37)22-26(38)40-34-35(22)16-7-9-17(10-8-16)39-27(29,30)31/h3-10H,11H2,1-2H3,(H2-,32,34,37,38)/p+1. The highest BCUT2D eigenvalue weighted by Gasteiger charge is 2.36. The van der Waals surface area contributed by atoms with Crippen LogP contribution in [0.2, 0.25) is 0 Å². The minimum absolute atomic E-state index is 0.0176. The van der Waals surface area contributed by atoms with Crippen LogP contribution >= 0.6 is 27.3 Å². The number of pyridine rings is 1. The van der Waals surface area contributed by atoms with Crippen molar-refractivity contribution in [2.45, 2.75) is 26.6 Å². The molecular weight excluding hydrogens is 629 g/mol. The van der Waals surface area contributed by atoms with Crippen LogP contribution in [0, 0.1) is 13.8 Å². The molecule has 14 heteroatoms. The van der Waals surface area contributed by atoms with Crippen LogP contribution < -0.4 is 20.8 Å². The second kappa shape index (κ2) is 10.6. The summed E-state index contributed by atoms with van der Waals surface area (Å²) >= 11 is 4.33. The predicted molar refractivity (Wildman–Crippen MR) is 147 cm³/mol. The number of nitrogens with zero attached hydrogens (tertiary/aromatic N) is 2. The first-order valence-corrected chi connectivity index (χ1v) is 13.5. The molecular formula is C27H19BrF3N4O5S+. The number of nitrogen functional groups attached to an aromatic ring is 1. The molecule has 0 spiro atoms. The van der Waals surface area contributed by atoms with Gasteiger partial charge >= 0.3 is 17.7 Å². The molecule has 41 heavy (non-hydrogen) atoms. The van der Waals surface area contributed by atoms with Crippen molar-refractivity contribution in [2.75, 3.05) is 5.73 Å². The second-order valence-corrected chi connectivity index (χ2v) is 10.9. The smallest absolute Gasteiger partial charge is 0.406 e. The van der Waals surface area contributed by atoms with Gasteiger partial charge in [0.25, 0.3) is 5.78 Å². The molecule has 0 amide bonds. The number of carbonyl (C=O) groups is 2. The summed E-state index contributed by atoms with van der Waals surface area (Å²) in [5.41, 5.74) is 7.66.